The zero-order valence-electron chi connectivity index (χ0n) is 12.5. The van der Waals surface area contributed by atoms with Crippen LogP contribution in [0.15, 0.2) is 28.9 Å². The molecule has 0 radical (unpaired) electrons. The third kappa shape index (κ3) is 3.00. The van der Waals surface area contributed by atoms with Crippen LogP contribution >= 0.6 is 0 Å². The summed E-state index contributed by atoms with van der Waals surface area (Å²) in [6, 6.07) is 5.18. The van der Waals surface area contributed by atoms with E-state index in [1.165, 1.54) is 6.20 Å². The second-order valence-electron chi connectivity index (χ2n) is 5.28. The van der Waals surface area contributed by atoms with Crippen LogP contribution in [-0.2, 0) is 0 Å². The average Bonchev–Trinajstić information content (AvgIpc) is 3.19. The topological polar surface area (TPSA) is 84.6 Å². The molecule has 8 nitrogen and oxygen atoms in total. The van der Waals surface area contributed by atoms with E-state index < -0.39 is 0 Å². The first-order chi connectivity index (χ1) is 10.6. The molecular weight excluding hydrogens is 286 g/mol. The van der Waals surface area contributed by atoms with E-state index in [0.717, 1.165) is 12.2 Å². The fourth-order valence-electron chi connectivity index (χ4n) is 2.28. The Morgan fingerprint density at radius 2 is 2.23 bits per heavy atom. The molecule has 0 spiro atoms. The van der Waals surface area contributed by atoms with Crippen molar-refractivity contribution in [1.82, 2.24) is 20.3 Å². The van der Waals surface area contributed by atoms with Gasteiger partial charge in [-0.2, -0.15) is 0 Å². The molecule has 0 N–H and O–H groups in total. The highest BCUT2D eigenvalue weighted by atomic mass is 16.5. The van der Waals surface area contributed by atoms with Gasteiger partial charge < -0.3 is 19.1 Å². The van der Waals surface area contributed by atoms with Crippen LogP contribution in [-0.4, -0.2) is 59.4 Å². The van der Waals surface area contributed by atoms with Crippen LogP contribution in [0, 0.1) is 0 Å². The number of likely N-dealkylation sites (tertiary alicyclic amines) is 1. The number of hydrogen-bond donors (Lipinski definition) is 0. The molecule has 1 fully saturated rings. The monoisotopic (exact) mass is 303 g/mol. The second kappa shape index (κ2) is 6.00. The number of hydrogen-bond acceptors (Lipinski definition) is 7. The van der Waals surface area contributed by atoms with E-state index in [-0.39, 0.29) is 17.8 Å². The van der Waals surface area contributed by atoms with Crippen molar-refractivity contribution in [2.45, 2.75) is 12.5 Å². The Kier molecular flexibility index (Phi) is 3.90. The molecule has 1 aliphatic heterocycles. The van der Waals surface area contributed by atoms with Gasteiger partial charge in [0.1, 0.15) is 6.10 Å². The van der Waals surface area contributed by atoms with E-state index in [9.17, 15) is 4.79 Å². The van der Waals surface area contributed by atoms with Gasteiger partial charge in [-0.25, -0.2) is 0 Å². The highest BCUT2D eigenvalue weighted by Crippen LogP contribution is 2.19. The van der Waals surface area contributed by atoms with Gasteiger partial charge in [-0.1, -0.05) is 5.16 Å². The number of rotatable bonds is 4. The Balaban J connectivity index is 1.58. The lowest BCUT2D eigenvalue weighted by atomic mass is 10.3. The van der Waals surface area contributed by atoms with Gasteiger partial charge in [-0.05, 0) is 6.07 Å². The fraction of sp³-hybridized carbons (Fsp3) is 0.429. The van der Waals surface area contributed by atoms with E-state index in [0.29, 0.717) is 19.0 Å². The molecule has 0 aromatic carbocycles. The van der Waals surface area contributed by atoms with Gasteiger partial charge in [0, 0.05) is 39.2 Å². The van der Waals surface area contributed by atoms with Crippen molar-refractivity contribution < 1.29 is 14.1 Å². The summed E-state index contributed by atoms with van der Waals surface area (Å²) in [7, 11) is 3.79. The van der Waals surface area contributed by atoms with Crippen LogP contribution in [0.3, 0.4) is 0 Å². The highest BCUT2D eigenvalue weighted by Gasteiger charge is 2.30. The molecule has 22 heavy (non-hydrogen) atoms. The van der Waals surface area contributed by atoms with Gasteiger partial charge in [0.2, 0.25) is 11.6 Å². The number of nitrogens with zero attached hydrogens (tertiary/aromatic N) is 5. The molecule has 2 aromatic heterocycles. The predicted molar refractivity (Wildman–Crippen MR) is 77.8 cm³/mol. The molecule has 116 valence electrons. The number of anilines is 1. The molecular formula is C14H17N5O3. The number of amides is 1. The van der Waals surface area contributed by atoms with Gasteiger partial charge in [0.05, 0.1) is 12.7 Å². The summed E-state index contributed by atoms with van der Waals surface area (Å²) in [4.78, 5) is 15.7. The third-order valence-corrected chi connectivity index (χ3v) is 3.45. The Bertz CT molecular complexity index is 626. The number of carbonyl (C=O) groups excluding carboxylic acids is 1. The van der Waals surface area contributed by atoms with Crippen LogP contribution in [0.25, 0.3) is 0 Å². The molecule has 8 heteroatoms. The van der Waals surface area contributed by atoms with E-state index >= 15 is 0 Å². The molecule has 1 saturated heterocycles. The minimum absolute atomic E-state index is 0.0913. The number of ether oxygens (including phenoxy) is 1. The zero-order valence-corrected chi connectivity index (χ0v) is 12.5. The van der Waals surface area contributed by atoms with Crippen molar-refractivity contribution in [3.63, 3.8) is 0 Å². The molecule has 1 atom stereocenters. The van der Waals surface area contributed by atoms with Crippen LogP contribution in [0.2, 0.25) is 0 Å². The van der Waals surface area contributed by atoms with Gasteiger partial charge >= 0.3 is 0 Å². The van der Waals surface area contributed by atoms with Crippen LogP contribution in [0.4, 0.5) is 5.82 Å². The Morgan fingerprint density at radius 1 is 1.36 bits per heavy atom. The maximum absolute atomic E-state index is 12.1. The summed E-state index contributed by atoms with van der Waals surface area (Å²) >= 11 is 0. The van der Waals surface area contributed by atoms with Crippen molar-refractivity contribution >= 4 is 11.7 Å². The molecule has 0 saturated carbocycles. The molecule has 1 amide bonds. The van der Waals surface area contributed by atoms with E-state index in [1.54, 1.807) is 17.0 Å². The third-order valence-electron chi connectivity index (χ3n) is 3.45. The predicted octanol–water partition coefficient (Wildman–Crippen LogP) is 0.824. The van der Waals surface area contributed by atoms with Gasteiger partial charge in [0.25, 0.3) is 5.91 Å². The largest absolute Gasteiger partial charge is 0.471 e. The fourth-order valence-corrected chi connectivity index (χ4v) is 2.28. The van der Waals surface area contributed by atoms with E-state index in [4.69, 9.17) is 9.26 Å². The summed E-state index contributed by atoms with van der Waals surface area (Å²) in [5.74, 6) is 1.30. The Morgan fingerprint density at radius 3 is 2.86 bits per heavy atom. The SMILES string of the molecule is CN(C)c1ccc(O[C@H]2CCN(C(=O)c3ccno3)C2)nn1. The molecule has 2 aromatic rings. The zero-order chi connectivity index (χ0) is 15.5. The van der Waals surface area contributed by atoms with E-state index in [1.807, 2.05) is 25.1 Å². The van der Waals surface area contributed by atoms with E-state index in [2.05, 4.69) is 15.4 Å². The minimum atomic E-state index is -0.169. The lowest BCUT2D eigenvalue weighted by Gasteiger charge is -2.15. The van der Waals surface area contributed by atoms with Crippen LogP contribution in [0.1, 0.15) is 17.0 Å². The first-order valence-electron chi connectivity index (χ1n) is 7.01. The summed E-state index contributed by atoms with van der Waals surface area (Å²) in [5.41, 5.74) is 0. The molecule has 0 bridgehead atoms. The standard InChI is InChI=1S/C14H17N5O3/c1-18(2)12-3-4-13(17-16-12)21-10-6-8-19(9-10)14(20)11-5-7-15-22-11/h3-5,7,10H,6,8-9H2,1-2H3/t10-/m0/s1. The quantitative estimate of drug-likeness (QED) is 0.826. The summed E-state index contributed by atoms with van der Waals surface area (Å²) in [6.07, 6.45) is 2.11. The highest BCUT2D eigenvalue weighted by molar-refractivity contribution is 5.91. The average molecular weight is 303 g/mol. The van der Waals surface area contributed by atoms with Gasteiger partial charge in [-0.15, -0.1) is 10.2 Å². The van der Waals surface area contributed by atoms with Crippen molar-refractivity contribution in [1.29, 1.82) is 0 Å². The number of aromatic nitrogens is 3. The second-order valence-corrected chi connectivity index (χ2v) is 5.28. The first-order valence-corrected chi connectivity index (χ1v) is 7.01. The molecule has 0 unspecified atom stereocenters. The maximum Gasteiger partial charge on any atom is 0.292 e. The lowest BCUT2D eigenvalue weighted by molar-refractivity contribution is 0.0730. The summed E-state index contributed by atoms with van der Waals surface area (Å²) < 4.78 is 10.7. The lowest BCUT2D eigenvalue weighted by Crippen LogP contribution is -2.30. The number of carbonyl (C=O) groups is 1. The minimum Gasteiger partial charge on any atom is -0.471 e. The van der Waals surface area contributed by atoms with Crippen LogP contribution < -0.4 is 9.64 Å². The molecule has 3 heterocycles. The van der Waals surface area contributed by atoms with Gasteiger partial charge in [0.15, 0.2) is 5.82 Å². The first kappa shape index (κ1) is 14.3. The Hall–Kier alpha value is -2.64. The van der Waals surface area contributed by atoms with Crippen molar-refractivity contribution in [3.05, 3.63) is 30.2 Å². The van der Waals surface area contributed by atoms with Crippen molar-refractivity contribution in [2.75, 3.05) is 32.1 Å². The molecule has 0 aliphatic carbocycles. The normalized spacial score (nSPS) is 17.5. The Labute approximate surface area is 127 Å². The smallest absolute Gasteiger partial charge is 0.292 e. The summed E-state index contributed by atoms with van der Waals surface area (Å²) in [5, 5.41) is 11.6. The summed E-state index contributed by atoms with van der Waals surface area (Å²) in [6.45, 7) is 1.12. The molecule has 1 aliphatic rings. The van der Waals surface area contributed by atoms with Gasteiger partial charge in [-0.3, -0.25) is 4.79 Å². The van der Waals surface area contributed by atoms with Crippen molar-refractivity contribution in [2.24, 2.45) is 0 Å². The van der Waals surface area contributed by atoms with Crippen molar-refractivity contribution in [3.8, 4) is 5.88 Å². The molecule has 3 rings (SSSR count). The maximum atomic E-state index is 12.1. The van der Waals surface area contributed by atoms with Crippen LogP contribution in [0.5, 0.6) is 5.88 Å².